The van der Waals surface area contributed by atoms with Crippen LogP contribution in [0.25, 0.3) is 10.8 Å². The minimum atomic E-state index is -4.17. The highest BCUT2D eigenvalue weighted by Crippen LogP contribution is 2.30. The molecule has 1 saturated heterocycles. The molecule has 0 saturated carbocycles. The van der Waals surface area contributed by atoms with Gasteiger partial charge in [-0.1, -0.05) is 49.4 Å². The van der Waals surface area contributed by atoms with Crippen LogP contribution in [0.4, 0.5) is 5.69 Å². The minimum absolute atomic E-state index is 0.0408. The quantitative estimate of drug-likeness (QED) is 0.483. The van der Waals surface area contributed by atoms with Crippen LogP contribution in [0.3, 0.4) is 0 Å². The van der Waals surface area contributed by atoms with E-state index in [4.69, 9.17) is 0 Å². The Bertz CT molecular complexity index is 1440. The fourth-order valence-corrected chi connectivity index (χ4v) is 5.92. The summed E-state index contributed by atoms with van der Waals surface area (Å²) in [7, 11) is -4.17. The molecule has 0 bridgehead atoms. The Labute approximate surface area is 217 Å². The van der Waals surface area contributed by atoms with E-state index < -0.39 is 21.8 Å². The van der Waals surface area contributed by atoms with Gasteiger partial charge in [0.2, 0.25) is 11.8 Å². The van der Waals surface area contributed by atoms with Crippen molar-refractivity contribution in [1.29, 1.82) is 0 Å². The number of carbonyl (C=O) groups is 3. The summed E-state index contributed by atoms with van der Waals surface area (Å²) in [6.45, 7) is 4.67. The number of nitrogens with zero attached hydrogens (tertiary/aromatic N) is 1. The van der Waals surface area contributed by atoms with Crippen molar-refractivity contribution in [3.63, 3.8) is 0 Å². The van der Waals surface area contributed by atoms with Gasteiger partial charge >= 0.3 is 0 Å². The second-order valence-electron chi connectivity index (χ2n) is 9.30. The highest BCUT2D eigenvalue weighted by molar-refractivity contribution is 7.90. The van der Waals surface area contributed by atoms with Gasteiger partial charge in [-0.3, -0.25) is 14.4 Å². The van der Waals surface area contributed by atoms with Gasteiger partial charge in [-0.05, 0) is 49.9 Å². The zero-order valence-corrected chi connectivity index (χ0v) is 21.8. The molecule has 8 nitrogen and oxygen atoms in total. The van der Waals surface area contributed by atoms with Crippen molar-refractivity contribution in [3.8, 4) is 0 Å². The number of piperidine rings is 1. The molecule has 1 aliphatic heterocycles. The number of amides is 3. The Morgan fingerprint density at radius 1 is 0.919 bits per heavy atom. The van der Waals surface area contributed by atoms with Crippen molar-refractivity contribution in [1.82, 2.24) is 9.62 Å². The lowest BCUT2D eigenvalue weighted by Crippen LogP contribution is -2.44. The molecule has 9 heteroatoms. The van der Waals surface area contributed by atoms with Crippen LogP contribution in [0.2, 0.25) is 0 Å². The normalized spacial score (nSPS) is 14.4. The molecule has 1 fully saturated rings. The summed E-state index contributed by atoms with van der Waals surface area (Å²) in [5, 5.41) is 3.82. The molecule has 3 aromatic carbocycles. The summed E-state index contributed by atoms with van der Waals surface area (Å²) in [4.78, 5) is 39.5. The topological polar surface area (TPSA) is 113 Å². The Kier molecular flexibility index (Phi) is 7.92. The lowest BCUT2D eigenvalue weighted by Gasteiger charge is -2.31. The molecular formula is C28H31N3O5S. The maximum atomic E-state index is 13.3. The molecule has 0 aliphatic carbocycles. The molecule has 194 valence electrons. The van der Waals surface area contributed by atoms with E-state index in [2.05, 4.69) is 10.0 Å². The van der Waals surface area contributed by atoms with Crippen molar-refractivity contribution in [2.24, 2.45) is 5.92 Å². The standard InChI is InChI=1S/C28H31N3O5S/c1-3-8-26(32)31-17-15-20(16-18-31)27(33)30-37(35,36)25-14-13-24(22-11-6-7-12-23(22)25)29-28(34)21-10-5-4-9-19(21)2/h4-7,9-14,20H,3,8,15-18H2,1-2H3,(H,29,34)(H,30,33). The van der Waals surface area contributed by atoms with Crippen molar-refractivity contribution >= 4 is 44.2 Å². The molecule has 4 rings (SSSR count). The van der Waals surface area contributed by atoms with Crippen molar-refractivity contribution < 1.29 is 22.8 Å². The van der Waals surface area contributed by atoms with Gasteiger partial charge in [0.05, 0.1) is 4.90 Å². The van der Waals surface area contributed by atoms with Crippen LogP contribution in [-0.4, -0.2) is 44.1 Å². The Balaban J connectivity index is 1.53. The molecule has 0 radical (unpaired) electrons. The highest BCUT2D eigenvalue weighted by Gasteiger charge is 2.30. The summed E-state index contributed by atoms with van der Waals surface area (Å²) >= 11 is 0. The van der Waals surface area contributed by atoms with Gasteiger partial charge in [0, 0.05) is 47.5 Å². The van der Waals surface area contributed by atoms with E-state index >= 15 is 0 Å². The average Bonchev–Trinajstić information content (AvgIpc) is 2.89. The number of anilines is 1. The smallest absolute Gasteiger partial charge is 0.264 e. The molecule has 37 heavy (non-hydrogen) atoms. The first-order chi connectivity index (χ1) is 17.7. The van der Waals surface area contributed by atoms with E-state index in [9.17, 15) is 22.8 Å². The summed E-state index contributed by atoms with van der Waals surface area (Å²) < 4.78 is 28.8. The van der Waals surface area contributed by atoms with E-state index in [0.29, 0.717) is 54.4 Å². The maximum Gasteiger partial charge on any atom is 0.264 e. The molecule has 0 spiro atoms. The van der Waals surface area contributed by atoms with Crippen LogP contribution in [0.1, 0.15) is 48.5 Å². The molecule has 2 N–H and O–H groups in total. The highest BCUT2D eigenvalue weighted by atomic mass is 32.2. The second kappa shape index (κ2) is 11.1. The van der Waals surface area contributed by atoms with E-state index in [-0.39, 0.29) is 16.7 Å². The van der Waals surface area contributed by atoms with Gasteiger partial charge in [-0.15, -0.1) is 0 Å². The van der Waals surface area contributed by atoms with E-state index in [1.54, 1.807) is 41.3 Å². The first kappa shape index (κ1) is 26.3. The predicted octanol–water partition coefficient (Wildman–Crippen LogP) is 4.24. The number of sulfonamides is 1. The molecule has 1 aliphatic rings. The zero-order valence-electron chi connectivity index (χ0n) is 21.0. The first-order valence-corrected chi connectivity index (χ1v) is 13.9. The maximum absolute atomic E-state index is 13.3. The van der Waals surface area contributed by atoms with Gasteiger partial charge in [0.1, 0.15) is 0 Å². The van der Waals surface area contributed by atoms with Crippen LogP contribution in [0, 0.1) is 12.8 Å². The largest absolute Gasteiger partial charge is 0.343 e. The fraction of sp³-hybridized carbons (Fsp3) is 0.321. The fourth-order valence-electron chi connectivity index (χ4n) is 4.67. The number of nitrogens with one attached hydrogen (secondary N) is 2. The Hall–Kier alpha value is -3.72. The lowest BCUT2D eigenvalue weighted by molar-refractivity contribution is -0.135. The lowest BCUT2D eigenvalue weighted by atomic mass is 9.96. The molecule has 0 atom stereocenters. The third-order valence-electron chi connectivity index (χ3n) is 6.73. The van der Waals surface area contributed by atoms with Crippen LogP contribution < -0.4 is 10.0 Å². The summed E-state index contributed by atoms with van der Waals surface area (Å²) in [6.07, 6.45) is 2.07. The van der Waals surface area contributed by atoms with Gasteiger partial charge in [-0.25, -0.2) is 13.1 Å². The summed E-state index contributed by atoms with van der Waals surface area (Å²) in [5.41, 5.74) is 1.82. The molecule has 0 aromatic heterocycles. The number of carbonyl (C=O) groups excluding carboxylic acids is 3. The van der Waals surface area contributed by atoms with Gasteiger partial charge in [0.15, 0.2) is 0 Å². The SMILES string of the molecule is CCCC(=O)N1CCC(C(=O)NS(=O)(=O)c2ccc(NC(=O)c3ccccc3C)c3ccccc23)CC1. The molecule has 0 unspecified atom stereocenters. The number of likely N-dealkylation sites (tertiary alicyclic amines) is 1. The third kappa shape index (κ3) is 5.83. The van der Waals surface area contributed by atoms with E-state index in [0.717, 1.165) is 12.0 Å². The zero-order chi connectivity index (χ0) is 26.6. The summed E-state index contributed by atoms with van der Waals surface area (Å²) in [6, 6.07) is 17.0. The molecular weight excluding hydrogens is 490 g/mol. The number of aryl methyl sites for hydroxylation is 1. The van der Waals surface area contributed by atoms with Crippen molar-refractivity contribution in [2.45, 2.75) is 44.4 Å². The molecule has 1 heterocycles. The number of hydrogen-bond donors (Lipinski definition) is 2. The number of rotatable bonds is 7. The van der Waals surface area contributed by atoms with Crippen LogP contribution in [-0.2, 0) is 19.6 Å². The molecule has 3 amide bonds. The average molecular weight is 522 g/mol. The van der Waals surface area contributed by atoms with Crippen molar-refractivity contribution in [3.05, 3.63) is 71.8 Å². The van der Waals surface area contributed by atoms with E-state index in [1.807, 2.05) is 26.0 Å². The monoisotopic (exact) mass is 521 g/mol. The van der Waals surface area contributed by atoms with Gasteiger partial charge in [-0.2, -0.15) is 0 Å². The second-order valence-corrected chi connectivity index (χ2v) is 11.0. The number of hydrogen-bond acceptors (Lipinski definition) is 5. The van der Waals surface area contributed by atoms with Gasteiger partial charge < -0.3 is 10.2 Å². The van der Waals surface area contributed by atoms with Gasteiger partial charge in [0.25, 0.3) is 15.9 Å². The van der Waals surface area contributed by atoms with Crippen molar-refractivity contribution in [2.75, 3.05) is 18.4 Å². The Morgan fingerprint density at radius 2 is 1.57 bits per heavy atom. The van der Waals surface area contributed by atoms with Crippen LogP contribution >= 0.6 is 0 Å². The van der Waals surface area contributed by atoms with E-state index in [1.165, 1.54) is 12.1 Å². The number of benzene rings is 3. The number of fused-ring (bicyclic) bond motifs is 1. The molecule has 3 aromatic rings. The third-order valence-corrected chi connectivity index (χ3v) is 8.13. The minimum Gasteiger partial charge on any atom is -0.343 e. The first-order valence-electron chi connectivity index (χ1n) is 12.4. The summed E-state index contributed by atoms with van der Waals surface area (Å²) in [5.74, 6) is -1.28. The predicted molar refractivity (Wildman–Crippen MR) is 143 cm³/mol. The van der Waals surface area contributed by atoms with Crippen LogP contribution in [0.15, 0.2) is 65.6 Å². The Morgan fingerprint density at radius 3 is 2.24 bits per heavy atom. The van der Waals surface area contributed by atoms with Crippen LogP contribution in [0.5, 0.6) is 0 Å².